The summed E-state index contributed by atoms with van der Waals surface area (Å²) in [5, 5.41) is 10.4. The van der Waals surface area contributed by atoms with Gasteiger partial charge in [-0.05, 0) is 46.7 Å². The van der Waals surface area contributed by atoms with Crippen LogP contribution in [-0.2, 0) is 0 Å². The predicted molar refractivity (Wildman–Crippen MR) is 135 cm³/mol. The van der Waals surface area contributed by atoms with Crippen molar-refractivity contribution in [2.75, 3.05) is 5.73 Å². The van der Waals surface area contributed by atoms with Crippen LogP contribution in [0.4, 0.5) is 5.69 Å². The zero-order valence-electron chi connectivity index (χ0n) is 17.8. The highest BCUT2D eigenvalue weighted by atomic mass is 16.5. The first-order valence-electron chi connectivity index (χ1n) is 10.6. The molecule has 5 rings (SSSR count). The van der Waals surface area contributed by atoms with E-state index in [1.807, 2.05) is 91.0 Å². The Morgan fingerprint density at radius 2 is 1.36 bits per heavy atom. The summed E-state index contributed by atoms with van der Waals surface area (Å²) in [5.74, 6) is 1.37. The monoisotopic (exact) mass is 430 g/mol. The molecule has 0 saturated carbocycles. The van der Waals surface area contributed by atoms with Crippen LogP contribution in [0.25, 0.3) is 33.2 Å². The standard InChI is InChI=1S/C28H22N4O/c29-26-25(28(30)31)24(19-12-14-23(15-13-19)33-22-8-2-1-3-9-22)17-32-27(26)21-11-10-18-6-4-5-7-20(18)16-21/h1-17H,29H2,(H3,30,31). The van der Waals surface area contributed by atoms with Crippen LogP contribution in [0.3, 0.4) is 0 Å². The van der Waals surface area contributed by atoms with Crippen LogP contribution in [0.2, 0.25) is 0 Å². The molecule has 0 aliphatic carbocycles. The van der Waals surface area contributed by atoms with Gasteiger partial charge < -0.3 is 16.2 Å². The van der Waals surface area contributed by atoms with Gasteiger partial charge in [0.1, 0.15) is 17.3 Å². The van der Waals surface area contributed by atoms with E-state index in [2.05, 4.69) is 11.1 Å². The molecule has 0 aliphatic heterocycles. The molecule has 0 saturated heterocycles. The predicted octanol–water partition coefficient (Wildman–Crippen LogP) is 6.23. The molecule has 4 aromatic carbocycles. The molecule has 1 heterocycles. The highest BCUT2D eigenvalue weighted by Gasteiger charge is 2.17. The van der Waals surface area contributed by atoms with Crippen molar-refractivity contribution in [1.82, 2.24) is 4.98 Å². The van der Waals surface area contributed by atoms with E-state index in [1.165, 1.54) is 0 Å². The molecule has 5 aromatic rings. The van der Waals surface area contributed by atoms with Gasteiger partial charge in [0.25, 0.3) is 0 Å². The molecule has 160 valence electrons. The largest absolute Gasteiger partial charge is 0.457 e. The van der Waals surface area contributed by atoms with Crippen LogP contribution in [0.15, 0.2) is 103 Å². The Morgan fingerprint density at radius 3 is 2.09 bits per heavy atom. The molecular formula is C28H22N4O. The fourth-order valence-electron chi connectivity index (χ4n) is 3.93. The summed E-state index contributed by atoms with van der Waals surface area (Å²) in [4.78, 5) is 4.66. The maximum Gasteiger partial charge on any atom is 0.127 e. The van der Waals surface area contributed by atoms with Gasteiger partial charge in [-0.15, -0.1) is 0 Å². The number of pyridine rings is 1. The zero-order valence-corrected chi connectivity index (χ0v) is 17.8. The number of aromatic nitrogens is 1. The number of hydrogen-bond acceptors (Lipinski definition) is 4. The third-order valence-corrected chi connectivity index (χ3v) is 5.55. The van der Waals surface area contributed by atoms with Gasteiger partial charge in [0.15, 0.2) is 0 Å². The number of benzene rings is 4. The summed E-state index contributed by atoms with van der Waals surface area (Å²) in [6.45, 7) is 0. The van der Waals surface area contributed by atoms with E-state index in [4.69, 9.17) is 21.6 Å². The van der Waals surface area contributed by atoms with E-state index in [1.54, 1.807) is 6.20 Å². The SMILES string of the molecule is N=C(N)c1c(-c2ccc(Oc3ccccc3)cc2)cnc(-c2ccc3ccccc3c2)c1N. The number of amidine groups is 1. The fraction of sp³-hybridized carbons (Fsp3) is 0. The van der Waals surface area contributed by atoms with Crippen molar-refractivity contribution in [2.24, 2.45) is 5.73 Å². The van der Waals surface area contributed by atoms with Gasteiger partial charge in [-0.1, -0.05) is 66.7 Å². The molecule has 0 amide bonds. The van der Waals surface area contributed by atoms with Crippen molar-refractivity contribution in [3.8, 4) is 33.9 Å². The Morgan fingerprint density at radius 1 is 0.727 bits per heavy atom. The third kappa shape index (κ3) is 4.00. The molecule has 0 atom stereocenters. The van der Waals surface area contributed by atoms with Crippen LogP contribution < -0.4 is 16.2 Å². The van der Waals surface area contributed by atoms with E-state index >= 15 is 0 Å². The van der Waals surface area contributed by atoms with Crippen LogP contribution in [0.1, 0.15) is 5.56 Å². The number of nitrogens with one attached hydrogen (secondary N) is 1. The third-order valence-electron chi connectivity index (χ3n) is 5.55. The zero-order chi connectivity index (χ0) is 22.8. The molecule has 5 N–H and O–H groups in total. The molecule has 0 aliphatic rings. The average molecular weight is 431 g/mol. The van der Waals surface area contributed by atoms with Crippen LogP contribution >= 0.6 is 0 Å². The number of nitrogen functional groups attached to an aromatic ring is 2. The molecule has 0 unspecified atom stereocenters. The maximum atomic E-state index is 8.19. The second kappa shape index (κ2) is 8.48. The number of anilines is 1. The Balaban J connectivity index is 1.53. The normalized spacial score (nSPS) is 10.8. The van der Waals surface area contributed by atoms with Gasteiger partial charge >= 0.3 is 0 Å². The molecule has 0 fully saturated rings. The van der Waals surface area contributed by atoms with E-state index in [0.29, 0.717) is 28.3 Å². The van der Waals surface area contributed by atoms with E-state index in [-0.39, 0.29) is 5.84 Å². The van der Waals surface area contributed by atoms with Gasteiger partial charge in [0, 0.05) is 17.3 Å². The van der Waals surface area contributed by atoms with E-state index in [0.717, 1.165) is 27.6 Å². The number of ether oxygens (including phenoxy) is 1. The lowest BCUT2D eigenvalue weighted by molar-refractivity contribution is 0.483. The van der Waals surface area contributed by atoms with Gasteiger partial charge in [0.2, 0.25) is 0 Å². The van der Waals surface area contributed by atoms with E-state index < -0.39 is 0 Å². The molecule has 0 spiro atoms. The van der Waals surface area contributed by atoms with Gasteiger partial charge in [-0.25, -0.2) is 0 Å². The van der Waals surface area contributed by atoms with Crippen molar-refractivity contribution in [1.29, 1.82) is 5.41 Å². The second-order valence-corrected chi connectivity index (χ2v) is 7.72. The summed E-state index contributed by atoms with van der Waals surface area (Å²) >= 11 is 0. The Hall–Kier alpha value is -4.64. The summed E-state index contributed by atoms with van der Waals surface area (Å²) in [5.41, 5.74) is 16.4. The lowest BCUT2D eigenvalue weighted by atomic mass is 9.96. The summed E-state index contributed by atoms with van der Waals surface area (Å²) < 4.78 is 5.88. The smallest absolute Gasteiger partial charge is 0.127 e. The minimum absolute atomic E-state index is 0.100. The number of rotatable bonds is 5. The fourth-order valence-corrected chi connectivity index (χ4v) is 3.93. The number of para-hydroxylation sites is 1. The molecule has 5 heteroatoms. The minimum Gasteiger partial charge on any atom is -0.457 e. The molecule has 33 heavy (non-hydrogen) atoms. The summed E-state index contributed by atoms with van der Waals surface area (Å²) in [7, 11) is 0. The molecule has 0 bridgehead atoms. The Bertz CT molecular complexity index is 1460. The van der Waals surface area contributed by atoms with Crippen molar-refractivity contribution in [3.05, 3.63) is 109 Å². The van der Waals surface area contributed by atoms with Crippen LogP contribution in [0.5, 0.6) is 11.5 Å². The summed E-state index contributed by atoms with van der Waals surface area (Å²) in [6.07, 6.45) is 1.73. The van der Waals surface area contributed by atoms with Crippen molar-refractivity contribution in [2.45, 2.75) is 0 Å². The minimum atomic E-state index is -0.100. The van der Waals surface area contributed by atoms with Gasteiger partial charge in [-0.2, -0.15) is 0 Å². The Kier molecular flexibility index (Phi) is 5.21. The topological polar surface area (TPSA) is 98.0 Å². The highest BCUT2D eigenvalue weighted by molar-refractivity contribution is 6.08. The molecule has 0 radical (unpaired) electrons. The van der Waals surface area contributed by atoms with Crippen LogP contribution in [-0.4, -0.2) is 10.8 Å². The Labute approximate surface area is 191 Å². The lowest BCUT2D eigenvalue weighted by Gasteiger charge is -2.15. The van der Waals surface area contributed by atoms with Crippen molar-refractivity contribution in [3.63, 3.8) is 0 Å². The molecular weight excluding hydrogens is 408 g/mol. The first kappa shape index (κ1) is 20.3. The first-order valence-corrected chi connectivity index (χ1v) is 10.6. The number of hydrogen-bond donors (Lipinski definition) is 3. The van der Waals surface area contributed by atoms with Crippen molar-refractivity contribution < 1.29 is 4.74 Å². The number of nitrogens with zero attached hydrogens (tertiary/aromatic N) is 1. The summed E-state index contributed by atoms with van der Waals surface area (Å²) in [6, 6.07) is 31.4. The lowest BCUT2D eigenvalue weighted by Crippen LogP contribution is -2.16. The number of fused-ring (bicyclic) bond motifs is 1. The second-order valence-electron chi connectivity index (χ2n) is 7.72. The first-order chi connectivity index (χ1) is 16.1. The molecule has 5 nitrogen and oxygen atoms in total. The maximum absolute atomic E-state index is 8.19. The quantitative estimate of drug-likeness (QED) is 0.227. The van der Waals surface area contributed by atoms with Gasteiger partial charge in [0.05, 0.1) is 16.9 Å². The van der Waals surface area contributed by atoms with Gasteiger partial charge in [-0.3, -0.25) is 10.4 Å². The van der Waals surface area contributed by atoms with Crippen molar-refractivity contribution >= 4 is 22.3 Å². The highest BCUT2D eigenvalue weighted by Crippen LogP contribution is 2.35. The number of nitrogens with two attached hydrogens (primary N) is 2. The van der Waals surface area contributed by atoms with E-state index in [9.17, 15) is 0 Å². The molecule has 1 aromatic heterocycles. The van der Waals surface area contributed by atoms with Crippen LogP contribution in [0, 0.1) is 5.41 Å². The average Bonchev–Trinajstić information content (AvgIpc) is 2.84.